The Kier molecular flexibility index (Phi) is 8.72. The second kappa shape index (κ2) is 12.1. The number of aliphatic carboxylic acids is 1. The third kappa shape index (κ3) is 6.98. The molecule has 5 rings (SSSR count). The predicted molar refractivity (Wildman–Crippen MR) is 146 cm³/mol. The van der Waals surface area contributed by atoms with Crippen LogP contribution in [0.3, 0.4) is 0 Å². The van der Waals surface area contributed by atoms with Gasteiger partial charge in [0.25, 0.3) is 10.0 Å². The van der Waals surface area contributed by atoms with Crippen LogP contribution >= 0.6 is 11.5 Å². The molecule has 0 fully saturated rings. The summed E-state index contributed by atoms with van der Waals surface area (Å²) in [7, 11) is -2.33. The minimum Gasteiger partial charge on any atom is -0.496 e. The largest absolute Gasteiger partial charge is 0.496 e. The molecule has 8 nitrogen and oxygen atoms in total. The van der Waals surface area contributed by atoms with E-state index in [-0.39, 0.29) is 10.7 Å². The number of rotatable bonds is 6. The van der Waals surface area contributed by atoms with E-state index in [1.807, 2.05) is 0 Å². The minimum absolute atomic E-state index is 0.0885. The van der Waals surface area contributed by atoms with Crippen LogP contribution in [0, 0.1) is 11.6 Å². The summed E-state index contributed by atoms with van der Waals surface area (Å²) in [5, 5.41) is 10.2. The van der Waals surface area contributed by atoms with Gasteiger partial charge in [-0.25, -0.2) is 22.0 Å². The maximum absolute atomic E-state index is 13.7. The van der Waals surface area contributed by atoms with Gasteiger partial charge in [0.1, 0.15) is 17.4 Å². The Morgan fingerprint density at radius 3 is 2.24 bits per heavy atom. The number of ether oxygens (including phenoxy) is 1. The Hall–Kier alpha value is -4.63. The second-order valence-corrected chi connectivity index (χ2v) is 10.8. The topological polar surface area (TPSA) is 118 Å². The molecule has 2 heterocycles. The van der Waals surface area contributed by atoms with Gasteiger partial charge in [-0.3, -0.25) is 9.71 Å². The van der Waals surface area contributed by atoms with Crippen LogP contribution in [-0.4, -0.2) is 42.1 Å². The molecule has 15 heteroatoms. The molecule has 0 saturated carbocycles. The van der Waals surface area contributed by atoms with Crippen molar-refractivity contribution in [2.45, 2.75) is 11.1 Å². The van der Waals surface area contributed by atoms with Crippen LogP contribution in [0.15, 0.2) is 83.2 Å². The van der Waals surface area contributed by atoms with Crippen LogP contribution in [0.4, 0.5) is 27.8 Å². The summed E-state index contributed by atoms with van der Waals surface area (Å²) in [6.07, 6.45) is -3.50. The van der Waals surface area contributed by atoms with Gasteiger partial charge < -0.3 is 9.84 Å². The zero-order valence-corrected chi connectivity index (χ0v) is 22.8. The van der Waals surface area contributed by atoms with Gasteiger partial charge in [-0.1, -0.05) is 12.1 Å². The van der Waals surface area contributed by atoms with Gasteiger partial charge in [-0.05, 0) is 76.6 Å². The second-order valence-electron chi connectivity index (χ2n) is 8.41. The molecule has 0 aliphatic rings. The Morgan fingerprint density at radius 2 is 1.64 bits per heavy atom. The summed E-state index contributed by atoms with van der Waals surface area (Å²) >= 11 is 1.15. The first-order valence-electron chi connectivity index (χ1n) is 11.6. The van der Waals surface area contributed by atoms with Gasteiger partial charge in [-0.2, -0.15) is 17.5 Å². The highest BCUT2D eigenvalue weighted by Crippen LogP contribution is 2.37. The molecule has 0 aliphatic heterocycles. The molecule has 3 aromatic carbocycles. The van der Waals surface area contributed by atoms with Crippen LogP contribution < -0.4 is 9.46 Å². The van der Waals surface area contributed by atoms with Crippen LogP contribution in [0.25, 0.3) is 33.2 Å². The highest BCUT2D eigenvalue weighted by atomic mass is 32.2. The molecule has 0 spiro atoms. The van der Waals surface area contributed by atoms with E-state index >= 15 is 0 Å². The summed E-state index contributed by atoms with van der Waals surface area (Å²) < 4.78 is 96.7. The van der Waals surface area contributed by atoms with Crippen molar-refractivity contribution in [2.75, 3.05) is 11.8 Å². The first kappa shape index (κ1) is 30.3. The van der Waals surface area contributed by atoms with E-state index in [1.54, 1.807) is 54.0 Å². The molecule has 42 heavy (non-hydrogen) atoms. The third-order valence-corrected chi connectivity index (χ3v) is 7.53. The van der Waals surface area contributed by atoms with Crippen molar-refractivity contribution in [1.29, 1.82) is 0 Å². The summed E-state index contributed by atoms with van der Waals surface area (Å²) in [6, 6.07) is 16.5. The molecule has 0 aliphatic carbocycles. The van der Waals surface area contributed by atoms with Gasteiger partial charge in [0, 0.05) is 28.6 Å². The number of sulfonamides is 1. The van der Waals surface area contributed by atoms with Gasteiger partial charge in [-0.15, -0.1) is 0 Å². The fraction of sp³-hybridized carbons (Fsp3) is 0.0741. The highest BCUT2D eigenvalue weighted by Gasteiger charge is 2.38. The number of hydrogen-bond acceptors (Lipinski definition) is 7. The van der Waals surface area contributed by atoms with E-state index in [0.717, 1.165) is 17.6 Å². The number of halogens is 5. The van der Waals surface area contributed by atoms with Crippen molar-refractivity contribution in [3.05, 3.63) is 89.9 Å². The molecule has 2 N–H and O–H groups in total. The lowest BCUT2D eigenvalue weighted by atomic mass is 9.99. The maximum atomic E-state index is 13.7. The number of nitrogens with one attached hydrogen (secondary N) is 1. The Balaban J connectivity index is 0.000000517. The molecule has 0 radical (unpaired) electrons. The van der Waals surface area contributed by atoms with Gasteiger partial charge in [0.2, 0.25) is 0 Å². The van der Waals surface area contributed by atoms with Crippen LogP contribution in [0.5, 0.6) is 5.75 Å². The smallest absolute Gasteiger partial charge is 0.490 e. The number of carboxylic acid groups (broad SMARTS) is 1. The number of carboxylic acids is 1. The number of pyridine rings is 1. The molecule has 0 bridgehead atoms. The van der Waals surface area contributed by atoms with Crippen molar-refractivity contribution in [3.63, 3.8) is 0 Å². The summed E-state index contributed by atoms with van der Waals surface area (Å²) in [5.74, 6) is -3.39. The maximum Gasteiger partial charge on any atom is 0.490 e. The predicted octanol–water partition coefficient (Wildman–Crippen LogP) is 6.75. The lowest BCUT2D eigenvalue weighted by Crippen LogP contribution is -2.21. The van der Waals surface area contributed by atoms with Crippen molar-refractivity contribution < 1.29 is 45.0 Å². The van der Waals surface area contributed by atoms with E-state index in [1.165, 1.54) is 25.3 Å². The molecule has 0 atom stereocenters. The standard InChI is InChI=1S/C25H17F2N3O3S2.C2HF3O2/c1-33-23-13-15(17-10-18(26)14-19(27)11-17)2-4-22(23)25-21-5-3-20(12-16(21)6-8-28-25)35(31,32)30-24-7-9-34-29-24;3-2(4,5)1(6)7/h2-14H,1H3,(H,29,30);(H,6,7). The summed E-state index contributed by atoms with van der Waals surface area (Å²) in [4.78, 5) is 13.5. The van der Waals surface area contributed by atoms with Gasteiger partial charge >= 0.3 is 12.1 Å². The zero-order chi connectivity index (χ0) is 30.7. The van der Waals surface area contributed by atoms with E-state index < -0.39 is 33.8 Å². The molecular formula is C27H18F5N3O5S2. The summed E-state index contributed by atoms with van der Waals surface area (Å²) in [5.41, 5.74) is 2.18. The molecule has 218 valence electrons. The first-order valence-corrected chi connectivity index (χ1v) is 13.9. The fourth-order valence-electron chi connectivity index (χ4n) is 3.79. The van der Waals surface area contributed by atoms with Crippen molar-refractivity contribution >= 4 is 44.1 Å². The normalized spacial score (nSPS) is 11.5. The quantitative estimate of drug-likeness (QED) is 0.201. The molecule has 0 saturated heterocycles. The summed E-state index contributed by atoms with van der Waals surface area (Å²) in [6.45, 7) is 0. The first-order chi connectivity index (χ1) is 19.8. The fourth-order valence-corrected chi connectivity index (χ4v) is 5.35. The third-order valence-electron chi connectivity index (χ3n) is 5.62. The molecular weight excluding hydrogens is 605 g/mol. The van der Waals surface area contributed by atoms with Crippen LogP contribution in [0.1, 0.15) is 0 Å². The molecule has 0 unspecified atom stereocenters. The number of benzene rings is 3. The van der Waals surface area contributed by atoms with E-state index in [0.29, 0.717) is 38.9 Å². The minimum atomic E-state index is -5.08. The zero-order valence-electron chi connectivity index (χ0n) is 21.2. The Labute approximate surface area is 239 Å². The van der Waals surface area contributed by atoms with E-state index in [9.17, 15) is 30.4 Å². The highest BCUT2D eigenvalue weighted by molar-refractivity contribution is 7.92. The van der Waals surface area contributed by atoms with Crippen molar-refractivity contribution in [3.8, 4) is 28.1 Å². The van der Waals surface area contributed by atoms with Crippen LogP contribution in [-0.2, 0) is 14.8 Å². The number of fused-ring (bicyclic) bond motifs is 1. The average molecular weight is 624 g/mol. The van der Waals surface area contributed by atoms with Crippen molar-refractivity contribution in [2.24, 2.45) is 0 Å². The number of nitrogens with zero attached hydrogens (tertiary/aromatic N) is 2. The molecule has 5 aromatic rings. The molecule has 0 amide bonds. The number of carbonyl (C=O) groups is 1. The molecule has 2 aromatic heterocycles. The van der Waals surface area contributed by atoms with Crippen LogP contribution in [0.2, 0.25) is 0 Å². The number of alkyl halides is 3. The van der Waals surface area contributed by atoms with Crippen molar-refractivity contribution in [1.82, 2.24) is 9.36 Å². The number of aromatic nitrogens is 2. The van der Waals surface area contributed by atoms with E-state index in [2.05, 4.69) is 14.1 Å². The monoisotopic (exact) mass is 623 g/mol. The lowest BCUT2D eigenvalue weighted by molar-refractivity contribution is -0.192. The Bertz CT molecular complexity index is 1840. The lowest BCUT2D eigenvalue weighted by Gasteiger charge is -2.13. The Morgan fingerprint density at radius 1 is 0.952 bits per heavy atom. The SMILES string of the molecule is COc1cc(-c2cc(F)cc(F)c2)ccc1-c1nccc2cc(S(=O)(=O)Nc3ccsn3)ccc12.O=C(O)C(F)(F)F. The van der Waals surface area contributed by atoms with E-state index in [4.69, 9.17) is 14.6 Å². The number of anilines is 1. The number of hydrogen-bond donors (Lipinski definition) is 2. The van der Waals surface area contributed by atoms with Gasteiger partial charge in [0.15, 0.2) is 5.82 Å². The number of methoxy groups -OCH3 is 1. The average Bonchev–Trinajstić information content (AvgIpc) is 3.43. The van der Waals surface area contributed by atoms with Gasteiger partial charge in [0.05, 0.1) is 17.7 Å².